The number of rotatable bonds is 5. The summed E-state index contributed by atoms with van der Waals surface area (Å²) in [5.74, 6) is 2.02. The second-order valence-corrected chi connectivity index (χ2v) is 6.47. The van der Waals surface area contributed by atoms with Crippen LogP contribution in [-0.2, 0) is 11.2 Å². The first-order valence-electron chi connectivity index (χ1n) is 8.31. The summed E-state index contributed by atoms with van der Waals surface area (Å²) in [6.07, 6.45) is 1.03. The summed E-state index contributed by atoms with van der Waals surface area (Å²) in [4.78, 5) is 16.2. The van der Waals surface area contributed by atoms with Gasteiger partial charge in [0.25, 0.3) is 0 Å². The normalized spacial score (nSPS) is 17.0. The van der Waals surface area contributed by atoms with E-state index >= 15 is 0 Å². The molecule has 2 aromatic heterocycles. The monoisotopic (exact) mass is 345 g/mol. The van der Waals surface area contributed by atoms with Gasteiger partial charge in [-0.3, -0.25) is 4.79 Å². The Bertz CT molecular complexity index is 722. The molecule has 1 aliphatic rings. The van der Waals surface area contributed by atoms with Crippen LogP contribution >= 0.6 is 0 Å². The number of amides is 1. The van der Waals surface area contributed by atoms with Gasteiger partial charge in [-0.15, -0.1) is 10.2 Å². The molecule has 1 atom stereocenters. The second-order valence-electron chi connectivity index (χ2n) is 6.47. The van der Waals surface area contributed by atoms with Crippen molar-refractivity contribution in [3.05, 3.63) is 29.2 Å². The molecule has 0 N–H and O–H groups in total. The number of carbonyl (C=O) groups excluding carboxylic acids is 1. The maximum atomic E-state index is 12.5. The molecule has 0 unspecified atom stereocenters. The zero-order valence-corrected chi connectivity index (χ0v) is 15.0. The number of anilines is 1. The first kappa shape index (κ1) is 17.2. The Balaban J connectivity index is 1.55. The van der Waals surface area contributed by atoms with Crippen molar-refractivity contribution in [1.29, 1.82) is 0 Å². The Labute approximate surface area is 146 Å². The van der Waals surface area contributed by atoms with Gasteiger partial charge in [-0.2, -0.15) is 0 Å². The van der Waals surface area contributed by atoms with Gasteiger partial charge in [-0.25, -0.2) is 0 Å². The summed E-state index contributed by atoms with van der Waals surface area (Å²) in [6, 6.07) is 3.66. The Hall–Kier alpha value is -2.64. The standard InChI is InChI=1S/C17H23N5O3/c1-11-14(12(2)25-20-11)9-17(23)22-8-7-13(10-22)24-16-6-5-15(18-19-16)21(3)4/h5-6,13H,7-10H2,1-4H3/t13-/m0/s1. The highest BCUT2D eigenvalue weighted by molar-refractivity contribution is 5.79. The van der Waals surface area contributed by atoms with Crippen molar-refractivity contribution in [2.24, 2.45) is 0 Å². The maximum Gasteiger partial charge on any atom is 0.233 e. The number of aromatic nitrogens is 3. The predicted octanol–water partition coefficient (Wildman–Crippen LogP) is 1.37. The molecule has 134 valence electrons. The summed E-state index contributed by atoms with van der Waals surface area (Å²) in [7, 11) is 3.81. The van der Waals surface area contributed by atoms with Crippen molar-refractivity contribution in [2.75, 3.05) is 32.1 Å². The van der Waals surface area contributed by atoms with E-state index in [9.17, 15) is 4.79 Å². The van der Waals surface area contributed by atoms with Gasteiger partial charge >= 0.3 is 0 Å². The molecule has 1 fully saturated rings. The van der Waals surface area contributed by atoms with Crippen LogP contribution in [-0.4, -0.2) is 59.4 Å². The third kappa shape index (κ3) is 3.89. The number of hydrogen-bond donors (Lipinski definition) is 0. The Morgan fingerprint density at radius 3 is 2.76 bits per heavy atom. The Morgan fingerprint density at radius 2 is 2.16 bits per heavy atom. The summed E-state index contributed by atoms with van der Waals surface area (Å²) < 4.78 is 11.0. The van der Waals surface area contributed by atoms with Crippen LogP contribution in [0.3, 0.4) is 0 Å². The molecule has 0 bridgehead atoms. The SMILES string of the molecule is Cc1noc(C)c1CC(=O)N1CC[C@H](Oc2ccc(N(C)C)nn2)C1. The topological polar surface area (TPSA) is 84.6 Å². The fraction of sp³-hybridized carbons (Fsp3) is 0.529. The number of carbonyl (C=O) groups is 1. The molecular formula is C17H23N5O3. The van der Waals surface area contributed by atoms with E-state index in [0.717, 1.165) is 23.5 Å². The number of hydrogen-bond acceptors (Lipinski definition) is 7. The fourth-order valence-electron chi connectivity index (χ4n) is 2.85. The Kier molecular flexibility index (Phi) is 4.87. The minimum absolute atomic E-state index is 0.0619. The van der Waals surface area contributed by atoms with Crippen molar-refractivity contribution in [3.8, 4) is 5.88 Å². The minimum Gasteiger partial charge on any atom is -0.471 e. The van der Waals surface area contributed by atoms with E-state index < -0.39 is 0 Å². The smallest absolute Gasteiger partial charge is 0.233 e. The van der Waals surface area contributed by atoms with Crippen molar-refractivity contribution >= 4 is 11.7 Å². The van der Waals surface area contributed by atoms with Crippen molar-refractivity contribution in [2.45, 2.75) is 32.8 Å². The third-order valence-corrected chi connectivity index (χ3v) is 4.38. The third-order valence-electron chi connectivity index (χ3n) is 4.38. The van der Waals surface area contributed by atoms with E-state index in [4.69, 9.17) is 9.26 Å². The highest BCUT2D eigenvalue weighted by atomic mass is 16.5. The number of aryl methyl sites for hydroxylation is 2. The zero-order valence-electron chi connectivity index (χ0n) is 15.0. The van der Waals surface area contributed by atoms with E-state index in [0.29, 0.717) is 31.2 Å². The van der Waals surface area contributed by atoms with Crippen molar-refractivity contribution in [1.82, 2.24) is 20.3 Å². The minimum atomic E-state index is -0.0619. The van der Waals surface area contributed by atoms with Crippen LogP contribution in [0.5, 0.6) is 5.88 Å². The lowest BCUT2D eigenvalue weighted by Crippen LogP contribution is -2.32. The van der Waals surface area contributed by atoms with E-state index in [1.807, 2.05) is 43.8 Å². The molecule has 8 nitrogen and oxygen atoms in total. The van der Waals surface area contributed by atoms with Gasteiger partial charge in [0, 0.05) is 38.7 Å². The van der Waals surface area contributed by atoms with Gasteiger partial charge < -0.3 is 19.1 Å². The Morgan fingerprint density at radius 1 is 1.36 bits per heavy atom. The first-order chi connectivity index (χ1) is 11.9. The van der Waals surface area contributed by atoms with E-state index in [1.54, 1.807) is 6.07 Å². The summed E-state index contributed by atoms with van der Waals surface area (Å²) in [5, 5.41) is 12.1. The second kappa shape index (κ2) is 7.08. The van der Waals surface area contributed by atoms with Gasteiger partial charge in [0.15, 0.2) is 5.82 Å². The average Bonchev–Trinajstić information content (AvgIpc) is 3.17. The number of likely N-dealkylation sites (tertiary alicyclic amines) is 1. The summed E-state index contributed by atoms with van der Waals surface area (Å²) in [5.41, 5.74) is 1.65. The van der Waals surface area contributed by atoms with E-state index in [-0.39, 0.29) is 12.0 Å². The van der Waals surface area contributed by atoms with Crippen molar-refractivity contribution < 1.29 is 14.1 Å². The molecule has 2 aromatic rings. The molecule has 25 heavy (non-hydrogen) atoms. The van der Waals surface area contributed by atoms with Gasteiger partial charge in [0.2, 0.25) is 11.8 Å². The molecule has 0 saturated carbocycles. The first-order valence-corrected chi connectivity index (χ1v) is 8.31. The lowest BCUT2D eigenvalue weighted by molar-refractivity contribution is -0.129. The number of ether oxygens (including phenoxy) is 1. The molecule has 8 heteroatoms. The van der Waals surface area contributed by atoms with Crippen LogP contribution in [0.4, 0.5) is 5.82 Å². The molecule has 3 heterocycles. The molecule has 1 aliphatic heterocycles. The zero-order chi connectivity index (χ0) is 18.0. The molecule has 0 spiro atoms. The molecule has 0 radical (unpaired) electrons. The predicted molar refractivity (Wildman–Crippen MR) is 91.7 cm³/mol. The quantitative estimate of drug-likeness (QED) is 0.809. The van der Waals surface area contributed by atoms with Crippen LogP contribution in [0.1, 0.15) is 23.4 Å². The lowest BCUT2D eigenvalue weighted by atomic mass is 10.1. The molecular weight excluding hydrogens is 322 g/mol. The van der Waals surface area contributed by atoms with E-state index in [2.05, 4.69) is 15.4 Å². The highest BCUT2D eigenvalue weighted by Gasteiger charge is 2.29. The van der Waals surface area contributed by atoms with Crippen LogP contribution in [0, 0.1) is 13.8 Å². The maximum absolute atomic E-state index is 12.5. The van der Waals surface area contributed by atoms with Crippen molar-refractivity contribution in [3.63, 3.8) is 0 Å². The molecule has 1 amide bonds. The fourth-order valence-corrected chi connectivity index (χ4v) is 2.85. The van der Waals surface area contributed by atoms with Gasteiger partial charge in [0.05, 0.1) is 18.7 Å². The largest absolute Gasteiger partial charge is 0.471 e. The highest BCUT2D eigenvalue weighted by Crippen LogP contribution is 2.20. The van der Waals surface area contributed by atoms with Crippen LogP contribution in [0.15, 0.2) is 16.7 Å². The molecule has 3 rings (SSSR count). The average molecular weight is 345 g/mol. The molecule has 1 saturated heterocycles. The van der Waals surface area contributed by atoms with Crippen LogP contribution < -0.4 is 9.64 Å². The summed E-state index contributed by atoms with van der Waals surface area (Å²) >= 11 is 0. The van der Waals surface area contributed by atoms with Crippen LogP contribution in [0.2, 0.25) is 0 Å². The molecule has 0 aromatic carbocycles. The lowest BCUT2D eigenvalue weighted by Gasteiger charge is -2.17. The van der Waals surface area contributed by atoms with Gasteiger partial charge in [-0.05, 0) is 19.9 Å². The van der Waals surface area contributed by atoms with Crippen LogP contribution in [0.25, 0.3) is 0 Å². The molecule has 0 aliphatic carbocycles. The van der Waals surface area contributed by atoms with Gasteiger partial charge in [0.1, 0.15) is 11.9 Å². The summed E-state index contributed by atoms with van der Waals surface area (Å²) in [6.45, 7) is 4.91. The van der Waals surface area contributed by atoms with Gasteiger partial charge in [-0.1, -0.05) is 5.16 Å². The number of nitrogens with zero attached hydrogens (tertiary/aromatic N) is 5. The van der Waals surface area contributed by atoms with E-state index in [1.165, 1.54) is 0 Å².